The Morgan fingerprint density at radius 1 is 1.15 bits per heavy atom. The highest BCUT2D eigenvalue weighted by Crippen LogP contribution is 2.40. The maximum atomic E-state index is 6.35. The summed E-state index contributed by atoms with van der Waals surface area (Å²) in [5.41, 5.74) is 7.68. The van der Waals surface area contributed by atoms with E-state index < -0.39 is 0 Å². The molecular formula is C17H27N3. The van der Waals surface area contributed by atoms with Gasteiger partial charge >= 0.3 is 0 Å². The van der Waals surface area contributed by atoms with Gasteiger partial charge in [0.05, 0.1) is 6.04 Å². The molecule has 1 aromatic heterocycles. The van der Waals surface area contributed by atoms with Crippen molar-refractivity contribution < 1.29 is 0 Å². The third-order valence-corrected chi connectivity index (χ3v) is 5.19. The number of likely N-dealkylation sites (tertiary alicyclic amines) is 1. The highest BCUT2D eigenvalue weighted by atomic mass is 15.2. The molecule has 0 aromatic carbocycles. The Morgan fingerprint density at radius 3 is 2.50 bits per heavy atom. The average molecular weight is 273 g/mol. The Kier molecular flexibility index (Phi) is 4.37. The van der Waals surface area contributed by atoms with E-state index in [0.29, 0.717) is 6.04 Å². The molecule has 0 amide bonds. The Balaban J connectivity index is 1.83. The molecule has 1 aliphatic carbocycles. The van der Waals surface area contributed by atoms with E-state index in [-0.39, 0.29) is 6.04 Å². The van der Waals surface area contributed by atoms with Gasteiger partial charge in [0.1, 0.15) is 0 Å². The molecule has 3 rings (SSSR count). The van der Waals surface area contributed by atoms with Crippen LogP contribution in [0.2, 0.25) is 0 Å². The summed E-state index contributed by atoms with van der Waals surface area (Å²) in [7, 11) is 0. The van der Waals surface area contributed by atoms with E-state index in [1.807, 2.05) is 12.4 Å². The molecular weight excluding hydrogens is 246 g/mol. The van der Waals surface area contributed by atoms with Crippen molar-refractivity contribution in [3.63, 3.8) is 0 Å². The van der Waals surface area contributed by atoms with Crippen molar-refractivity contribution in [3.05, 3.63) is 30.1 Å². The number of rotatable bonds is 4. The molecule has 1 aliphatic heterocycles. The fraction of sp³-hybridized carbons (Fsp3) is 0.706. The van der Waals surface area contributed by atoms with Crippen LogP contribution in [0.25, 0.3) is 0 Å². The van der Waals surface area contributed by atoms with Gasteiger partial charge in [0, 0.05) is 24.5 Å². The summed E-state index contributed by atoms with van der Waals surface area (Å²) in [6.45, 7) is 3.35. The van der Waals surface area contributed by atoms with Crippen LogP contribution in [0.15, 0.2) is 24.5 Å². The van der Waals surface area contributed by atoms with Crippen molar-refractivity contribution in [2.24, 2.45) is 11.7 Å². The predicted octanol–water partition coefficient (Wildman–Crippen LogP) is 3.12. The van der Waals surface area contributed by atoms with Crippen LogP contribution in [-0.4, -0.2) is 28.5 Å². The van der Waals surface area contributed by atoms with Crippen molar-refractivity contribution in [3.8, 4) is 0 Å². The lowest BCUT2D eigenvalue weighted by atomic mass is 9.92. The van der Waals surface area contributed by atoms with Gasteiger partial charge in [-0.15, -0.1) is 0 Å². The largest absolute Gasteiger partial charge is 0.326 e. The Morgan fingerprint density at radius 2 is 1.85 bits per heavy atom. The first-order chi connectivity index (χ1) is 9.77. The van der Waals surface area contributed by atoms with Gasteiger partial charge in [-0.25, -0.2) is 0 Å². The van der Waals surface area contributed by atoms with Crippen LogP contribution in [0.5, 0.6) is 0 Å². The first-order valence-corrected chi connectivity index (χ1v) is 8.18. The molecule has 110 valence electrons. The van der Waals surface area contributed by atoms with Gasteiger partial charge in [0.15, 0.2) is 0 Å². The number of nitrogens with two attached hydrogens (primary N) is 1. The van der Waals surface area contributed by atoms with Crippen LogP contribution in [-0.2, 0) is 0 Å². The Labute approximate surface area is 122 Å². The van der Waals surface area contributed by atoms with Crippen molar-refractivity contribution in [1.29, 1.82) is 0 Å². The van der Waals surface area contributed by atoms with Crippen molar-refractivity contribution in [2.75, 3.05) is 6.54 Å². The zero-order chi connectivity index (χ0) is 13.9. The highest BCUT2D eigenvalue weighted by Gasteiger charge is 2.38. The molecule has 1 saturated heterocycles. The Hall–Kier alpha value is -0.930. The quantitative estimate of drug-likeness (QED) is 0.916. The topological polar surface area (TPSA) is 42.1 Å². The van der Waals surface area contributed by atoms with Crippen LogP contribution in [0.4, 0.5) is 0 Å². The third kappa shape index (κ3) is 2.75. The molecule has 3 unspecified atom stereocenters. The summed E-state index contributed by atoms with van der Waals surface area (Å²) in [5, 5.41) is 0. The molecule has 2 aliphatic rings. The third-order valence-electron chi connectivity index (χ3n) is 5.19. The first-order valence-electron chi connectivity index (χ1n) is 8.18. The minimum atomic E-state index is 0.166. The molecule has 3 heteroatoms. The lowest BCUT2D eigenvalue weighted by Gasteiger charge is -2.38. The van der Waals surface area contributed by atoms with Gasteiger partial charge in [-0.1, -0.05) is 12.8 Å². The maximum Gasteiger partial charge on any atom is 0.0500 e. The molecule has 3 atom stereocenters. The second-order valence-electron chi connectivity index (χ2n) is 6.58. The summed E-state index contributed by atoms with van der Waals surface area (Å²) >= 11 is 0. The molecule has 1 saturated carbocycles. The zero-order valence-corrected chi connectivity index (χ0v) is 12.5. The molecule has 2 fully saturated rings. The molecule has 2 N–H and O–H groups in total. The van der Waals surface area contributed by atoms with Crippen LogP contribution in [0.3, 0.4) is 0 Å². The first kappa shape index (κ1) is 14.0. The van der Waals surface area contributed by atoms with E-state index in [4.69, 9.17) is 5.73 Å². The molecule has 0 radical (unpaired) electrons. The van der Waals surface area contributed by atoms with Crippen LogP contribution < -0.4 is 5.73 Å². The maximum absolute atomic E-state index is 6.35. The fourth-order valence-electron chi connectivity index (χ4n) is 4.37. The van der Waals surface area contributed by atoms with E-state index in [1.54, 1.807) is 0 Å². The number of pyridine rings is 1. The van der Waals surface area contributed by atoms with E-state index in [1.165, 1.54) is 50.6 Å². The molecule has 0 spiro atoms. The zero-order valence-electron chi connectivity index (χ0n) is 12.5. The van der Waals surface area contributed by atoms with E-state index in [2.05, 4.69) is 28.9 Å². The number of hydrogen-bond donors (Lipinski definition) is 1. The van der Waals surface area contributed by atoms with Crippen molar-refractivity contribution >= 4 is 0 Å². The second-order valence-corrected chi connectivity index (χ2v) is 6.58. The summed E-state index contributed by atoms with van der Waals surface area (Å²) in [5.74, 6) is 0.903. The van der Waals surface area contributed by atoms with Gasteiger partial charge in [-0.05, 0) is 62.8 Å². The number of aromatic nitrogens is 1. The van der Waals surface area contributed by atoms with E-state index in [0.717, 1.165) is 12.0 Å². The summed E-state index contributed by atoms with van der Waals surface area (Å²) in [6, 6.07) is 5.54. The lowest BCUT2D eigenvalue weighted by Crippen LogP contribution is -2.44. The lowest BCUT2D eigenvalue weighted by molar-refractivity contribution is 0.120. The van der Waals surface area contributed by atoms with Gasteiger partial charge < -0.3 is 5.73 Å². The summed E-state index contributed by atoms with van der Waals surface area (Å²) in [6.07, 6.45) is 12.2. The van der Waals surface area contributed by atoms with Crippen molar-refractivity contribution in [2.45, 2.75) is 63.6 Å². The molecule has 3 nitrogen and oxygen atoms in total. The molecule has 2 heterocycles. The van der Waals surface area contributed by atoms with E-state index >= 15 is 0 Å². The standard InChI is InChI=1S/C17H27N3/c1-13(18)17(15-8-10-19-11-9-15)20-12-4-7-16(20)14-5-2-3-6-14/h8-11,13-14,16-17H,2-7,12,18H2,1H3. The van der Waals surface area contributed by atoms with Gasteiger partial charge in [0.25, 0.3) is 0 Å². The normalized spacial score (nSPS) is 27.8. The van der Waals surface area contributed by atoms with Crippen LogP contribution >= 0.6 is 0 Å². The SMILES string of the molecule is CC(N)C(c1ccncc1)N1CCCC1C1CCCC1. The number of hydrogen-bond acceptors (Lipinski definition) is 3. The Bertz CT molecular complexity index is 412. The van der Waals surface area contributed by atoms with Gasteiger partial charge in [-0.3, -0.25) is 9.88 Å². The highest BCUT2D eigenvalue weighted by molar-refractivity contribution is 5.18. The minimum absolute atomic E-state index is 0.166. The summed E-state index contributed by atoms with van der Waals surface area (Å²) < 4.78 is 0. The van der Waals surface area contributed by atoms with Crippen LogP contribution in [0, 0.1) is 5.92 Å². The average Bonchev–Trinajstić information content (AvgIpc) is 3.09. The fourth-order valence-corrected chi connectivity index (χ4v) is 4.37. The van der Waals surface area contributed by atoms with Gasteiger partial charge in [-0.2, -0.15) is 0 Å². The number of nitrogens with zero attached hydrogens (tertiary/aromatic N) is 2. The predicted molar refractivity (Wildman–Crippen MR) is 82.3 cm³/mol. The monoisotopic (exact) mass is 273 g/mol. The van der Waals surface area contributed by atoms with Crippen LogP contribution in [0.1, 0.15) is 57.1 Å². The van der Waals surface area contributed by atoms with Crippen molar-refractivity contribution in [1.82, 2.24) is 9.88 Å². The van der Waals surface area contributed by atoms with Gasteiger partial charge in [0.2, 0.25) is 0 Å². The molecule has 1 aromatic rings. The smallest absolute Gasteiger partial charge is 0.0500 e. The van der Waals surface area contributed by atoms with E-state index in [9.17, 15) is 0 Å². The summed E-state index contributed by atoms with van der Waals surface area (Å²) in [4.78, 5) is 6.86. The molecule has 20 heavy (non-hydrogen) atoms. The minimum Gasteiger partial charge on any atom is -0.326 e. The second kappa shape index (κ2) is 6.23. The molecule has 0 bridgehead atoms.